The molecule has 110 valence electrons. The van der Waals surface area contributed by atoms with Gasteiger partial charge in [0, 0.05) is 25.2 Å². The number of benzene rings is 1. The average molecular weight is 276 g/mol. The van der Waals surface area contributed by atoms with Crippen LogP contribution in [0.4, 0.5) is 0 Å². The molecule has 20 heavy (non-hydrogen) atoms. The molecule has 3 atom stereocenters. The molecule has 0 spiro atoms. The molecule has 3 rings (SSSR count). The molecule has 0 amide bonds. The Bertz CT molecular complexity index is 478. The van der Waals surface area contributed by atoms with Crippen LogP contribution in [0.3, 0.4) is 0 Å². The lowest BCUT2D eigenvalue weighted by Crippen LogP contribution is -2.50. The Balaban J connectivity index is 1.59. The maximum absolute atomic E-state index is 5.43. The Hall–Kier alpha value is -1.26. The van der Waals surface area contributed by atoms with Crippen LogP contribution in [0.25, 0.3) is 0 Å². The van der Waals surface area contributed by atoms with Gasteiger partial charge < -0.3 is 19.7 Å². The van der Waals surface area contributed by atoms with Gasteiger partial charge in [-0.05, 0) is 44.0 Å². The lowest BCUT2D eigenvalue weighted by Gasteiger charge is -2.40. The van der Waals surface area contributed by atoms with Crippen molar-refractivity contribution >= 4 is 0 Å². The van der Waals surface area contributed by atoms with Gasteiger partial charge in [-0.1, -0.05) is 13.0 Å². The maximum atomic E-state index is 5.43. The number of hydrogen-bond donors (Lipinski definition) is 1. The fraction of sp³-hybridized carbons (Fsp3) is 0.625. The zero-order valence-electron chi connectivity index (χ0n) is 12.6. The second-order valence-corrected chi connectivity index (χ2v) is 6.18. The van der Waals surface area contributed by atoms with E-state index in [1.807, 2.05) is 6.07 Å². The Morgan fingerprint density at radius 1 is 1.25 bits per heavy atom. The second kappa shape index (κ2) is 5.62. The monoisotopic (exact) mass is 276 g/mol. The summed E-state index contributed by atoms with van der Waals surface area (Å²) in [4.78, 5) is 2.45. The molecule has 0 aliphatic carbocycles. The quantitative estimate of drug-likeness (QED) is 0.918. The van der Waals surface area contributed by atoms with Crippen molar-refractivity contribution in [3.63, 3.8) is 0 Å². The van der Waals surface area contributed by atoms with Crippen molar-refractivity contribution in [3.05, 3.63) is 23.8 Å². The van der Waals surface area contributed by atoms with Crippen molar-refractivity contribution < 1.29 is 9.47 Å². The van der Waals surface area contributed by atoms with E-state index in [-0.39, 0.29) is 0 Å². The zero-order chi connectivity index (χ0) is 14.1. The Kier molecular flexibility index (Phi) is 3.85. The topological polar surface area (TPSA) is 33.7 Å². The van der Waals surface area contributed by atoms with Crippen LogP contribution in [-0.2, 0) is 6.54 Å². The molecule has 0 saturated carbocycles. The van der Waals surface area contributed by atoms with Gasteiger partial charge >= 0.3 is 0 Å². The highest BCUT2D eigenvalue weighted by atomic mass is 16.7. The van der Waals surface area contributed by atoms with E-state index >= 15 is 0 Å². The zero-order valence-corrected chi connectivity index (χ0v) is 12.6. The van der Waals surface area contributed by atoms with E-state index in [4.69, 9.17) is 9.47 Å². The number of nitrogens with one attached hydrogen (secondary N) is 1. The van der Waals surface area contributed by atoms with E-state index in [2.05, 4.69) is 43.2 Å². The third kappa shape index (κ3) is 2.76. The summed E-state index contributed by atoms with van der Waals surface area (Å²) in [5, 5.41) is 3.71. The highest BCUT2D eigenvalue weighted by Gasteiger charge is 2.28. The SMILES string of the molecule is C[C@@H]1CN(C)[C@H](C)C[C@@H]1NCc1ccc2c(c1)OCO2. The van der Waals surface area contributed by atoms with Gasteiger partial charge in [0.05, 0.1) is 0 Å². The molecule has 2 aliphatic heterocycles. The standard InChI is InChI=1S/C16H24N2O2/c1-11-9-18(3)12(2)6-14(11)17-8-13-4-5-15-16(7-13)20-10-19-15/h4-5,7,11-12,14,17H,6,8-10H2,1-3H3/t11-,12-,14+/m1/s1. The molecular formula is C16H24N2O2. The third-order valence-electron chi connectivity index (χ3n) is 4.62. The minimum atomic E-state index is 0.343. The van der Waals surface area contributed by atoms with Crippen LogP contribution < -0.4 is 14.8 Å². The van der Waals surface area contributed by atoms with Crippen LogP contribution in [0, 0.1) is 5.92 Å². The molecule has 1 aromatic rings. The third-order valence-corrected chi connectivity index (χ3v) is 4.62. The highest BCUT2D eigenvalue weighted by molar-refractivity contribution is 5.44. The predicted octanol–water partition coefficient (Wildman–Crippen LogP) is 2.23. The number of rotatable bonds is 3. The largest absolute Gasteiger partial charge is 0.454 e. The van der Waals surface area contributed by atoms with Crippen LogP contribution in [0.5, 0.6) is 11.5 Å². The summed E-state index contributed by atoms with van der Waals surface area (Å²) in [6, 6.07) is 7.44. The first-order valence-corrected chi connectivity index (χ1v) is 7.45. The number of piperidine rings is 1. The van der Waals surface area contributed by atoms with E-state index in [1.54, 1.807) is 0 Å². The van der Waals surface area contributed by atoms with Crippen LogP contribution in [0.2, 0.25) is 0 Å². The smallest absolute Gasteiger partial charge is 0.231 e. The van der Waals surface area contributed by atoms with Gasteiger partial charge in [0.1, 0.15) is 0 Å². The van der Waals surface area contributed by atoms with E-state index in [0.29, 0.717) is 24.8 Å². The van der Waals surface area contributed by atoms with Gasteiger partial charge in [-0.3, -0.25) is 0 Å². The summed E-state index contributed by atoms with van der Waals surface area (Å²) in [5.41, 5.74) is 1.26. The fourth-order valence-corrected chi connectivity index (χ4v) is 3.13. The number of ether oxygens (including phenoxy) is 2. The van der Waals surface area contributed by atoms with E-state index < -0.39 is 0 Å². The summed E-state index contributed by atoms with van der Waals surface area (Å²) in [6.07, 6.45) is 1.21. The maximum Gasteiger partial charge on any atom is 0.231 e. The van der Waals surface area contributed by atoms with Crippen molar-refractivity contribution in [1.82, 2.24) is 10.2 Å². The lowest BCUT2D eigenvalue weighted by atomic mass is 9.89. The van der Waals surface area contributed by atoms with Gasteiger partial charge in [0.25, 0.3) is 0 Å². The van der Waals surface area contributed by atoms with Crippen molar-refractivity contribution in [3.8, 4) is 11.5 Å². The summed E-state index contributed by atoms with van der Waals surface area (Å²) in [5.74, 6) is 2.41. The molecule has 1 fully saturated rings. The molecule has 1 aromatic carbocycles. The molecule has 1 N–H and O–H groups in total. The normalized spacial score (nSPS) is 29.6. The summed E-state index contributed by atoms with van der Waals surface area (Å²) in [7, 11) is 2.22. The van der Waals surface area contributed by atoms with Crippen molar-refractivity contribution in [2.75, 3.05) is 20.4 Å². The lowest BCUT2D eigenvalue weighted by molar-refractivity contribution is 0.121. The summed E-state index contributed by atoms with van der Waals surface area (Å²) < 4.78 is 10.8. The minimum Gasteiger partial charge on any atom is -0.454 e. The molecule has 0 aromatic heterocycles. The Morgan fingerprint density at radius 3 is 2.90 bits per heavy atom. The molecule has 2 heterocycles. The number of nitrogens with zero attached hydrogens (tertiary/aromatic N) is 1. The van der Waals surface area contributed by atoms with Crippen LogP contribution in [0.1, 0.15) is 25.8 Å². The molecule has 0 unspecified atom stereocenters. The van der Waals surface area contributed by atoms with Gasteiger partial charge in [-0.25, -0.2) is 0 Å². The van der Waals surface area contributed by atoms with E-state index in [0.717, 1.165) is 18.0 Å². The predicted molar refractivity (Wildman–Crippen MR) is 79.1 cm³/mol. The van der Waals surface area contributed by atoms with Gasteiger partial charge in [-0.2, -0.15) is 0 Å². The summed E-state index contributed by atoms with van der Waals surface area (Å²) >= 11 is 0. The van der Waals surface area contributed by atoms with Crippen LogP contribution in [-0.4, -0.2) is 37.4 Å². The Labute approximate surface area is 121 Å². The average Bonchev–Trinajstić information content (AvgIpc) is 2.89. The molecule has 4 nitrogen and oxygen atoms in total. The fourth-order valence-electron chi connectivity index (χ4n) is 3.13. The molecular weight excluding hydrogens is 252 g/mol. The molecule has 4 heteroatoms. The first kappa shape index (κ1) is 13.7. The van der Waals surface area contributed by atoms with Crippen LogP contribution in [0.15, 0.2) is 18.2 Å². The minimum absolute atomic E-state index is 0.343. The van der Waals surface area contributed by atoms with Crippen molar-refractivity contribution in [2.24, 2.45) is 5.92 Å². The van der Waals surface area contributed by atoms with E-state index in [9.17, 15) is 0 Å². The van der Waals surface area contributed by atoms with E-state index in [1.165, 1.54) is 18.5 Å². The number of hydrogen-bond acceptors (Lipinski definition) is 4. The summed E-state index contributed by atoms with van der Waals surface area (Å²) in [6.45, 7) is 7.04. The van der Waals surface area contributed by atoms with Crippen molar-refractivity contribution in [1.29, 1.82) is 0 Å². The number of likely N-dealkylation sites (tertiary alicyclic amines) is 1. The molecule has 1 saturated heterocycles. The van der Waals surface area contributed by atoms with Gasteiger partial charge in [-0.15, -0.1) is 0 Å². The van der Waals surface area contributed by atoms with Crippen molar-refractivity contribution in [2.45, 2.75) is 38.9 Å². The van der Waals surface area contributed by atoms with Crippen LogP contribution >= 0.6 is 0 Å². The highest BCUT2D eigenvalue weighted by Crippen LogP contribution is 2.32. The Morgan fingerprint density at radius 2 is 2.05 bits per heavy atom. The molecule has 0 radical (unpaired) electrons. The first-order chi connectivity index (χ1) is 9.63. The number of fused-ring (bicyclic) bond motifs is 1. The second-order valence-electron chi connectivity index (χ2n) is 6.18. The first-order valence-electron chi connectivity index (χ1n) is 7.45. The molecule has 0 bridgehead atoms. The van der Waals surface area contributed by atoms with Gasteiger partial charge in [0.2, 0.25) is 6.79 Å². The van der Waals surface area contributed by atoms with Gasteiger partial charge in [0.15, 0.2) is 11.5 Å². The molecule has 2 aliphatic rings.